The molecular weight excluding hydrogens is 316 g/mol. The normalized spacial score (nSPS) is 28.8. The summed E-state index contributed by atoms with van der Waals surface area (Å²) in [6.07, 6.45) is 3.61. The Morgan fingerprint density at radius 1 is 1.36 bits per heavy atom. The molecular formula is C19H26N4O2. The standard InChI is InChI=1S/C19H26N4O2/c1-11-7-14(11)17-6-5-13(25-17)9-20-16-8-18(24)22(3)19(16)15-10-21-23(4)12(15)2/h5-6,10-11,14,16,19-20H,7-9H2,1-4H3/t11?,14?,16-,19+/m1/s1. The quantitative estimate of drug-likeness (QED) is 0.907. The number of amides is 1. The molecule has 4 atom stereocenters. The summed E-state index contributed by atoms with van der Waals surface area (Å²) in [5, 5.41) is 7.88. The maximum Gasteiger partial charge on any atom is 0.224 e. The Hall–Kier alpha value is -2.08. The molecule has 6 nitrogen and oxygen atoms in total. The van der Waals surface area contributed by atoms with Crippen LogP contribution in [0.2, 0.25) is 0 Å². The number of aryl methyl sites for hydroxylation is 1. The van der Waals surface area contributed by atoms with Gasteiger partial charge in [0.15, 0.2) is 0 Å². The number of hydrogen-bond acceptors (Lipinski definition) is 4. The summed E-state index contributed by atoms with van der Waals surface area (Å²) in [6.45, 7) is 4.94. The van der Waals surface area contributed by atoms with E-state index >= 15 is 0 Å². The van der Waals surface area contributed by atoms with Gasteiger partial charge in [-0.15, -0.1) is 0 Å². The fourth-order valence-corrected chi connectivity index (χ4v) is 3.92. The lowest BCUT2D eigenvalue weighted by Gasteiger charge is -2.25. The maximum absolute atomic E-state index is 12.3. The van der Waals surface area contributed by atoms with E-state index in [1.54, 1.807) is 0 Å². The molecule has 2 aliphatic rings. The largest absolute Gasteiger partial charge is 0.464 e. The first-order valence-corrected chi connectivity index (χ1v) is 9.02. The molecule has 0 spiro atoms. The molecule has 1 aliphatic heterocycles. The second-order valence-corrected chi connectivity index (χ2v) is 7.57. The van der Waals surface area contributed by atoms with Crippen LogP contribution in [0.1, 0.15) is 54.5 Å². The second-order valence-electron chi connectivity index (χ2n) is 7.57. The molecule has 2 aromatic rings. The highest BCUT2D eigenvalue weighted by Gasteiger charge is 2.40. The first kappa shape index (κ1) is 16.4. The first-order valence-electron chi connectivity index (χ1n) is 9.02. The smallest absolute Gasteiger partial charge is 0.224 e. The van der Waals surface area contributed by atoms with Crippen molar-refractivity contribution in [3.05, 3.63) is 41.1 Å². The van der Waals surface area contributed by atoms with Crippen LogP contribution in [0.25, 0.3) is 0 Å². The van der Waals surface area contributed by atoms with E-state index in [-0.39, 0.29) is 18.0 Å². The number of aromatic nitrogens is 2. The highest BCUT2D eigenvalue weighted by Crippen LogP contribution is 2.47. The topological polar surface area (TPSA) is 63.3 Å². The van der Waals surface area contributed by atoms with Crippen LogP contribution in [0, 0.1) is 12.8 Å². The average molecular weight is 342 g/mol. The number of nitrogens with zero attached hydrogens (tertiary/aromatic N) is 3. The number of rotatable bonds is 5. The van der Waals surface area contributed by atoms with Gasteiger partial charge in [0.1, 0.15) is 11.5 Å². The zero-order valence-electron chi connectivity index (χ0n) is 15.3. The fourth-order valence-electron chi connectivity index (χ4n) is 3.92. The van der Waals surface area contributed by atoms with E-state index in [4.69, 9.17) is 4.42 Å². The van der Waals surface area contributed by atoms with E-state index < -0.39 is 0 Å². The van der Waals surface area contributed by atoms with E-state index in [1.807, 2.05) is 36.8 Å². The summed E-state index contributed by atoms with van der Waals surface area (Å²) in [7, 11) is 3.81. The summed E-state index contributed by atoms with van der Waals surface area (Å²) in [5.41, 5.74) is 2.21. The number of likely N-dealkylation sites (tertiary alicyclic amines) is 1. The third-order valence-electron chi connectivity index (χ3n) is 5.87. The van der Waals surface area contributed by atoms with Gasteiger partial charge in [0, 0.05) is 43.7 Å². The van der Waals surface area contributed by atoms with E-state index in [9.17, 15) is 4.79 Å². The van der Waals surface area contributed by atoms with Crippen LogP contribution in [0.5, 0.6) is 0 Å². The van der Waals surface area contributed by atoms with Crippen molar-refractivity contribution in [2.75, 3.05) is 7.05 Å². The van der Waals surface area contributed by atoms with Crippen LogP contribution < -0.4 is 5.32 Å². The molecule has 0 bridgehead atoms. The third kappa shape index (κ3) is 2.88. The Balaban J connectivity index is 1.47. The van der Waals surface area contributed by atoms with Crippen LogP contribution in [0.4, 0.5) is 0 Å². The summed E-state index contributed by atoms with van der Waals surface area (Å²) in [5.74, 6) is 3.55. The molecule has 1 aliphatic carbocycles. The highest BCUT2D eigenvalue weighted by molar-refractivity contribution is 5.80. The Morgan fingerprint density at radius 2 is 2.12 bits per heavy atom. The molecule has 2 fully saturated rings. The molecule has 6 heteroatoms. The molecule has 1 saturated heterocycles. The van der Waals surface area contributed by atoms with Crippen molar-refractivity contribution in [1.82, 2.24) is 20.0 Å². The minimum absolute atomic E-state index is 0.0130. The Kier molecular flexibility index (Phi) is 3.95. The van der Waals surface area contributed by atoms with Crippen LogP contribution in [-0.4, -0.2) is 33.7 Å². The maximum atomic E-state index is 12.3. The minimum Gasteiger partial charge on any atom is -0.464 e. The van der Waals surface area contributed by atoms with Crippen molar-refractivity contribution in [2.24, 2.45) is 13.0 Å². The van der Waals surface area contributed by atoms with Gasteiger partial charge in [-0.05, 0) is 31.4 Å². The molecule has 0 radical (unpaired) electrons. The predicted molar refractivity (Wildman–Crippen MR) is 93.9 cm³/mol. The van der Waals surface area contributed by atoms with Crippen LogP contribution in [0.15, 0.2) is 22.7 Å². The van der Waals surface area contributed by atoms with Gasteiger partial charge in [0.05, 0.1) is 18.8 Å². The zero-order chi connectivity index (χ0) is 17.7. The lowest BCUT2D eigenvalue weighted by atomic mass is 10.0. The van der Waals surface area contributed by atoms with Crippen molar-refractivity contribution in [3.8, 4) is 0 Å². The zero-order valence-corrected chi connectivity index (χ0v) is 15.3. The molecule has 134 valence electrons. The third-order valence-corrected chi connectivity index (χ3v) is 5.87. The molecule has 2 unspecified atom stereocenters. The summed E-state index contributed by atoms with van der Waals surface area (Å²) >= 11 is 0. The summed E-state index contributed by atoms with van der Waals surface area (Å²) in [6, 6.07) is 4.23. The summed E-state index contributed by atoms with van der Waals surface area (Å²) in [4.78, 5) is 14.1. The number of carbonyl (C=O) groups excluding carboxylic acids is 1. The number of furan rings is 1. The molecule has 2 aromatic heterocycles. The van der Waals surface area contributed by atoms with Gasteiger partial charge in [0.25, 0.3) is 0 Å². The van der Waals surface area contributed by atoms with Crippen molar-refractivity contribution in [1.29, 1.82) is 0 Å². The molecule has 4 rings (SSSR count). The van der Waals surface area contributed by atoms with E-state index in [0.29, 0.717) is 18.9 Å². The van der Waals surface area contributed by atoms with Gasteiger partial charge in [-0.3, -0.25) is 9.48 Å². The number of nitrogens with one attached hydrogen (secondary N) is 1. The summed E-state index contributed by atoms with van der Waals surface area (Å²) < 4.78 is 7.84. The van der Waals surface area contributed by atoms with Gasteiger partial charge >= 0.3 is 0 Å². The lowest BCUT2D eigenvalue weighted by Crippen LogP contribution is -2.35. The monoisotopic (exact) mass is 342 g/mol. The van der Waals surface area contributed by atoms with E-state index in [2.05, 4.69) is 29.5 Å². The van der Waals surface area contributed by atoms with Crippen molar-refractivity contribution < 1.29 is 9.21 Å². The van der Waals surface area contributed by atoms with E-state index in [1.165, 1.54) is 6.42 Å². The number of likely N-dealkylation sites (N-methyl/N-ethyl adjacent to an activating group) is 1. The Morgan fingerprint density at radius 3 is 2.76 bits per heavy atom. The molecule has 1 N–H and O–H groups in total. The number of carbonyl (C=O) groups is 1. The molecule has 25 heavy (non-hydrogen) atoms. The van der Waals surface area contributed by atoms with Crippen molar-refractivity contribution in [3.63, 3.8) is 0 Å². The van der Waals surface area contributed by atoms with Gasteiger partial charge in [0.2, 0.25) is 5.91 Å². The van der Waals surface area contributed by atoms with Crippen molar-refractivity contribution in [2.45, 2.75) is 51.2 Å². The van der Waals surface area contributed by atoms with Gasteiger partial charge < -0.3 is 14.6 Å². The van der Waals surface area contributed by atoms with Crippen LogP contribution in [0.3, 0.4) is 0 Å². The van der Waals surface area contributed by atoms with Crippen LogP contribution >= 0.6 is 0 Å². The minimum atomic E-state index is 0.0130. The van der Waals surface area contributed by atoms with E-state index in [0.717, 1.165) is 28.7 Å². The average Bonchev–Trinajstić information content (AvgIpc) is 2.90. The Labute approximate surface area is 148 Å². The van der Waals surface area contributed by atoms with Crippen molar-refractivity contribution >= 4 is 5.91 Å². The van der Waals surface area contributed by atoms with Gasteiger partial charge in [-0.1, -0.05) is 6.92 Å². The highest BCUT2D eigenvalue weighted by atomic mass is 16.3. The van der Waals surface area contributed by atoms with Gasteiger partial charge in [-0.2, -0.15) is 5.10 Å². The Bertz CT molecular complexity index is 793. The number of hydrogen-bond donors (Lipinski definition) is 1. The fraction of sp³-hybridized carbons (Fsp3) is 0.579. The lowest BCUT2D eigenvalue weighted by molar-refractivity contribution is -0.127. The molecule has 1 amide bonds. The molecule has 0 aromatic carbocycles. The molecule has 1 saturated carbocycles. The predicted octanol–water partition coefficient (Wildman–Crippen LogP) is 2.51. The van der Waals surface area contributed by atoms with Crippen LogP contribution in [-0.2, 0) is 18.4 Å². The molecule has 3 heterocycles. The first-order chi connectivity index (χ1) is 12.0. The van der Waals surface area contributed by atoms with Gasteiger partial charge in [-0.25, -0.2) is 0 Å². The second kappa shape index (κ2) is 6.02. The SMILES string of the molecule is Cc1c([C@H]2[C@H](NCc3ccc(C4CC4C)o3)CC(=O)N2C)cnn1C.